The fourth-order valence-corrected chi connectivity index (χ4v) is 3.05. The summed E-state index contributed by atoms with van der Waals surface area (Å²) >= 11 is 3.52. The maximum absolute atomic E-state index is 5.66. The quantitative estimate of drug-likeness (QED) is 0.913. The van der Waals surface area contributed by atoms with E-state index in [9.17, 15) is 0 Å². The molecule has 1 aromatic carbocycles. The molecule has 1 aliphatic rings. The Bertz CT molecular complexity index is 514. The molecule has 3 heteroatoms. The molecular weight excluding hydrogens is 278 g/mol. The summed E-state index contributed by atoms with van der Waals surface area (Å²) in [7, 11) is 0. The topological polar surface area (TPSA) is 25.2 Å². The SMILES string of the molecule is Brc1coc2c(CC3CCNCC3)cccc12. The largest absolute Gasteiger partial charge is 0.463 e. The van der Waals surface area contributed by atoms with Crippen molar-refractivity contribution in [3.63, 3.8) is 0 Å². The molecule has 0 amide bonds. The van der Waals surface area contributed by atoms with Crippen LogP contribution in [0.2, 0.25) is 0 Å². The lowest BCUT2D eigenvalue weighted by Crippen LogP contribution is -2.28. The molecule has 1 aliphatic heterocycles. The first-order valence-corrected chi connectivity index (χ1v) is 6.99. The molecule has 2 heterocycles. The number of furan rings is 1. The van der Waals surface area contributed by atoms with Crippen LogP contribution in [0.15, 0.2) is 33.4 Å². The summed E-state index contributed by atoms with van der Waals surface area (Å²) in [6.07, 6.45) is 5.48. The molecule has 2 aromatic rings. The second-order valence-corrected chi connectivity index (χ2v) is 5.63. The maximum Gasteiger partial charge on any atom is 0.138 e. The van der Waals surface area contributed by atoms with E-state index in [-0.39, 0.29) is 0 Å². The Morgan fingerprint density at radius 1 is 1.29 bits per heavy atom. The molecule has 3 rings (SSSR count). The van der Waals surface area contributed by atoms with Crippen molar-refractivity contribution in [2.75, 3.05) is 13.1 Å². The molecule has 1 saturated heterocycles. The van der Waals surface area contributed by atoms with E-state index in [2.05, 4.69) is 39.4 Å². The number of halogens is 1. The number of fused-ring (bicyclic) bond motifs is 1. The van der Waals surface area contributed by atoms with Gasteiger partial charge in [0.25, 0.3) is 0 Å². The van der Waals surface area contributed by atoms with Crippen LogP contribution in [0.1, 0.15) is 18.4 Å². The molecule has 90 valence electrons. The van der Waals surface area contributed by atoms with E-state index in [1.807, 2.05) is 0 Å². The molecular formula is C14H16BrNO. The molecule has 1 aromatic heterocycles. The van der Waals surface area contributed by atoms with Gasteiger partial charge in [-0.1, -0.05) is 12.1 Å². The van der Waals surface area contributed by atoms with Crippen molar-refractivity contribution in [3.05, 3.63) is 34.5 Å². The van der Waals surface area contributed by atoms with E-state index in [0.717, 1.165) is 35.5 Å². The van der Waals surface area contributed by atoms with Gasteiger partial charge in [0.05, 0.1) is 4.47 Å². The normalized spacial score (nSPS) is 17.7. The molecule has 0 saturated carbocycles. The van der Waals surface area contributed by atoms with Gasteiger partial charge in [0.15, 0.2) is 0 Å². The summed E-state index contributed by atoms with van der Waals surface area (Å²) in [5, 5.41) is 4.60. The van der Waals surface area contributed by atoms with Gasteiger partial charge in [0.1, 0.15) is 11.8 Å². The van der Waals surface area contributed by atoms with E-state index >= 15 is 0 Å². The summed E-state index contributed by atoms with van der Waals surface area (Å²) in [5.41, 5.74) is 2.40. The van der Waals surface area contributed by atoms with Crippen LogP contribution in [-0.2, 0) is 6.42 Å². The molecule has 1 N–H and O–H groups in total. The minimum atomic E-state index is 0.797. The summed E-state index contributed by atoms with van der Waals surface area (Å²) < 4.78 is 6.71. The zero-order valence-electron chi connectivity index (χ0n) is 9.71. The Kier molecular flexibility index (Phi) is 3.21. The second-order valence-electron chi connectivity index (χ2n) is 4.77. The Hall–Kier alpha value is -0.800. The fraction of sp³-hybridized carbons (Fsp3) is 0.429. The molecule has 0 unspecified atom stereocenters. The highest BCUT2D eigenvalue weighted by molar-refractivity contribution is 9.10. The zero-order chi connectivity index (χ0) is 11.7. The number of hydrogen-bond donors (Lipinski definition) is 1. The minimum Gasteiger partial charge on any atom is -0.463 e. The number of hydrogen-bond acceptors (Lipinski definition) is 2. The predicted molar refractivity (Wildman–Crippen MR) is 73.2 cm³/mol. The molecule has 0 spiro atoms. The van der Waals surface area contributed by atoms with E-state index in [0.29, 0.717) is 0 Å². The van der Waals surface area contributed by atoms with Crippen molar-refractivity contribution >= 4 is 26.9 Å². The van der Waals surface area contributed by atoms with Crippen molar-refractivity contribution < 1.29 is 4.42 Å². The van der Waals surface area contributed by atoms with Gasteiger partial charge in [-0.05, 0) is 65.8 Å². The lowest BCUT2D eigenvalue weighted by molar-refractivity contribution is 0.372. The zero-order valence-corrected chi connectivity index (χ0v) is 11.3. The van der Waals surface area contributed by atoms with E-state index in [1.165, 1.54) is 23.8 Å². The highest BCUT2D eigenvalue weighted by Crippen LogP contribution is 2.30. The van der Waals surface area contributed by atoms with Gasteiger partial charge < -0.3 is 9.73 Å². The first-order valence-electron chi connectivity index (χ1n) is 6.20. The average molecular weight is 294 g/mol. The van der Waals surface area contributed by atoms with Crippen molar-refractivity contribution in [1.82, 2.24) is 5.32 Å². The molecule has 1 fully saturated rings. The predicted octanol–water partition coefficient (Wildman–Crippen LogP) is 3.74. The lowest BCUT2D eigenvalue weighted by Gasteiger charge is -2.22. The number of nitrogens with one attached hydrogen (secondary N) is 1. The Labute approximate surface area is 110 Å². The van der Waals surface area contributed by atoms with Crippen molar-refractivity contribution in [2.24, 2.45) is 5.92 Å². The number of rotatable bonds is 2. The maximum atomic E-state index is 5.66. The average Bonchev–Trinajstić information content (AvgIpc) is 2.74. The molecule has 0 atom stereocenters. The third kappa shape index (κ3) is 2.26. The van der Waals surface area contributed by atoms with Crippen LogP contribution < -0.4 is 5.32 Å². The third-order valence-corrected chi connectivity index (χ3v) is 4.22. The Morgan fingerprint density at radius 3 is 2.94 bits per heavy atom. The van der Waals surface area contributed by atoms with Gasteiger partial charge in [-0.25, -0.2) is 0 Å². The first kappa shape index (κ1) is 11.3. The molecule has 17 heavy (non-hydrogen) atoms. The standard InChI is InChI=1S/C14H16BrNO/c15-13-9-17-14-11(2-1-3-12(13)14)8-10-4-6-16-7-5-10/h1-3,9-10,16H,4-8H2. The van der Waals surface area contributed by atoms with Gasteiger partial charge in [0, 0.05) is 5.39 Å². The minimum absolute atomic E-state index is 0.797. The molecule has 2 nitrogen and oxygen atoms in total. The van der Waals surface area contributed by atoms with Crippen molar-refractivity contribution in [3.8, 4) is 0 Å². The smallest absolute Gasteiger partial charge is 0.138 e. The van der Waals surface area contributed by atoms with Gasteiger partial charge in [-0.2, -0.15) is 0 Å². The van der Waals surface area contributed by atoms with Crippen LogP contribution in [-0.4, -0.2) is 13.1 Å². The van der Waals surface area contributed by atoms with Crippen LogP contribution in [0.3, 0.4) is 0 Å². The summed E-state index contributed by atoms with van der Waals surface area (Å²) in [4.78, 5) is 0. The number of benzene rings is 1. The number of piperidine rings is 1. The molecule has 0 aliphatic carbocycles. The van der Waals surface area contributed by atoms with Crippen molar-refractivity contribution in [1.29, 1.82) is 0 Å². The molecule has 0 radical (unpaired) electrons. The summed E-state index contributed by atoms with van der Waals surface area (Å²) in [6, 6.07) is 6.42. The fourth-order valence-electron chi connectivity index (χ4n) is 2.64. The monoisotopic (exact) mass is 293 g/mol. The Morgan fingerprint density at radius 2 is 2.12 bits per heavy atom. The second kappa shape index (κ2) is 4.83. The van der Waals surface area contributed by atoms with Gasteiger partial charge in [-0.3, -0.25) is 0 Å². The van der Waals surface area contributed by atoms with E-state index < -0.39 is 0 Å². The van der Waals surface area contributed by atoms with Crippen molar-refractivity contribution in [2.45, 2.75) is 19.3 Å². The summed E-state index contributed by atoms with van der Waals surface area (Å²) in [5.74, 6) is 0.797. The van der Waals surface area contributed by atoms with Crippen LogP contribution in [0.25, 0.3) is 11.0 Å². The lowest BCUT2D eigenvalue weighted by atomic mass is 9.90. The van der Waals surface area contributed by atoms with Gasteiger partial charge >= 0.3 is 0 Å². The van der Waals surface area contributed by atoms with Crippen LogP contribution in [0, 0.1) is 5.92 Å². The summed E-state index contributed by atoms with van der Waals surface area (Å²) in [6.45, 7) is 2.31. The number of para-hydroxylation sites is 1. The van der Waals surface area contributed by atoms with Gasteiger partial charge in [-0.15, -0.1) is 0 Å². The van der Waals surface area contributed by atoms with E-state index in [4.69, 9.17) is 4.42 Å². The highest BCUT2D eigenvalue weighted by atomic mass is 79.9. The van der Waals surface area contributed by atoms with Crippen LogP contribution in [0.4, 0.5) is 0 Å². The van der Waals surface area contributed by atoms with E-state index in [1.54, 1.807) is 6.26 Å². The Balaban J connectivity index is 1.89. The third-order valence-electron chi connectivity index (χ3n) is 3.60. The highest BCUT2D eigenvalue weighted by Gasteiger charge is 2.16. The van der Waals surface area contributed by atoms with Gasteiger partial charge in [0.2, 0.25) is 0 Å². The van der Waals surface area contributed by atoms with Crippen LogP contribution >= 0.6 is 15.9 Å². The molecule has 0 bridgehead atoms. The first-order chi connectivity index (χ1) is 8.34. The van der Waals surface area contributed by atoms with Crippen LogP contribution in [0.5, 0.6) is 0 Å².